The van der Waals surface area contributed by atoms with Gasteiger partial charge in [0.25, 0.3) is 0 Å². The summed E-state index contributed by atoms with van der Waals surface area (Å²) in [6, 6.07) is 9.69. The van der Waals surface area contributed by atoms with Gasteiger partial charge in [-0.2, -0.15) is 0 Å². The van der Waals surface area contributed by atoms with Crippen LogP contribution >= 0.6 is 0 Å². The van der Waals surface area contributed by atoms with E-state index >= 15 is 0 Å². The molecule has 2 N–H and O–H groups in total. The maximum atomic E-state index is 8.61. The predicted octanol–water partition coefficient (Wildman–Crippen LogP) is 1.71. The van der Waals surface area contributed by atoms with Gasteiger partial charge in [0.15, 0.2) is 0 Å². The van der Waals surface area contributed by atoms with Crippen molar-refractivity contribution in [3.05, 3.63) is 30.3 Å². The van der Waals surface area contributed by atoms with Crippen LogP contribution in [0.3, 0.4) is 0 Å². The third-order valence-corrected chi connectivity index (χ3v) is 2.12. The first-order valence-electron chi connectivity index (χ1n) is 5.33. The van der Waals surface area contributed by atoms with E-state index in [1.165, 1.54) is 0 Å². The molecule has 0 heterocycles. The summed E-state index contributed by atoms with van der Waals surface area (Å²) < 4.78 is 5.49. The fourth-order valence-electron chi connectivity index (χ4n) is 1.31. The molecule has 0 amide bonds. The van der Waals surface area contributed by atoms with Gasteiger partial charge in [-0.1, -0.05) is 31.0 Å². The first-order chi connectivity index (χ1) is 7.29. The van der Waals surface area contributed by atoms with Gasteiger partial charge in [-0.3, -0.25) is 0 Å². The number of hydrogen-bond donors (Lipinski definition) is 2. The van der Waals surface area contributed by atoms with E-state index in [9.17, 15) is 0 Å². The van der Waals surface area contributed by atoms with Gasteiger partial charge in [0.05, 0.1) is 6.61 Å². The number of hydrogen-bond acceptors (Lipinski definition) is 3. The van der Waals surface area contributed by atoms with Gasteiger partial charge < -0.3 is 14.8 Å². The van der Waals surface area contributed by atoms with E-state index in [1.54, 1.807) is 0 Å². The Bertz CT molecular complexity index is 251. The van der Waals surface area contributed by atoms with Crippen LogP contribution in [0.15, 0.2) is 30.3 Å². The molecule has 1 aromatic carbocycles. The summed E-state index contributed by atoms with van der Waals surface area (Å²) in [6.45, 7) is 0.686. The second kappa shape index (κ2) is 7.32. The lowest BCUT2D eigenvalue weighted by molar-refractivity contribution is 0.305. The summed E-state index contributed by atoms with van der Waals surface area (Å²) in [5.74, 6) is 0.889. The van der Waals surface area contributed by atoms with Crippen LogP contribution in [0.2, 0.25) is 6.32 Å². The summed E-state index contributed by atoms with van der Waals surface area (Å²) >= 11 is 0. The monoisotopic (exact) mass is 208 g/mol. The van der Waals surface area contributed by atoms with Crippen molar-refractivity contribution in [1.29, 1.82) is 0 Å². The maximum Gasteiger partial charge on any atom is 0.451 e. The van der Waals surface area contributed by atoms with Crippen LogP contribution in [0.1, 0.15) is 19.3 Å². The minimum atomic E-state index is -1.17. The predicted molar refractivity (Wildman–Crippen MR) is 60.8 cm³/mol. The van der Waals surface area contributed by atoms with Crippen LogP contribution < -0.4 is 4.74 Å². The Hall–Kier alpha value is -0.995. The average molecular weight is 208 g/mol. The lowest BCUT2D eigenvalue weighted by atomic mass is 9.83. The minimum Gasteiger partial charge on any atom is -0.494 e. The van der Waals surface area contributed by atoms with Crippen LogP contribution in [0.25, 0.3) is 0 Å². The zero-order chi connectivity index (χ0) is 10.9. The fourth-order valence-corrected chi connectivity index (χ4v) is 1.31. The third-order valence-electron chi connectivity index (χ3n) is 2.12. The van der Waals surface area contributed by atoms with Crippen molar-refractivity contribution in [2.45, 2.75) is 25.6 Å². The van der Waals surface area contributed by atoms with Gasteiger partial charge in [-0.05, 0) is 24.9 Å². The highest BCUT2D eigenvalue weighted by atomic mass is 16.5. The van der Waals surface area contributed by atoms with Gasteiger partial charge in [0.2, 0.25) is 0 Å². The van der Waals surface area contributed by atoms with Gasteiger partial charge in [-0.15, -0.1) is 0 Å². The molecule has 0 spiro atoms. The molecule has 0 aliphatic carbocycles. The van der Waals surface area contributed by atoms with Crippen molar-refractivity contribution in [1.82, 2.24) is 0 Å². The molecule has 1 rings (SSSR count). The molecule has 0 atom stereocenters. The zero-order valence-corrected chi connectivity index (χ0v) is 8.80. The number of para-hydroxylation sites is 1. The SMILES string of the molecule is OB(O)CCCCCOc1ccccc1. The minimum absolute atomic E-state index is 0.450. The molecular formula is C11H17BO3. The summed E-state index contributed by atoms with van der Waals surface area (Å²) in [4.78, 5) is 0. The van der Waals surface area contributed by atoms with Crippen LogP contribution in [-0.4, -0.2) is 23.8 Å². The van der Waals surface area contributed by atoms with Crippen LogP contribution in [-0.2, 0) is 0 Å². The van der Waals surface area contributed by atoms with Gasteiger partial charge in [0.1, 0.15) is 5.75 Å². The van der Waals surface area contributed by atoms with Gasteiger partial charge in [-0.25, -0.2) is 0 Å². The van der Waals surface area contributed by atoms with Crippen LogP contribution in [0.4, 0.5) is 0 Å². The topological polar surface area (TPSA) is 49.7 Å². The molecule has 0 aromatic heterocycles. The molecule has 4 heteroatoms. The molecule has 0 unspecified atom stereocenters. The van der Waals surface area contributed by atoms with Gasteiger partial charge >= 0.3 is 7.12 Å². The molecule has 0 radical (unpaired) electrons. The van der Waals surface area contributed by atoms with E-state index in [2.05, 4.69) is 0 Å². The van der Waals surface area contributed by atoms with Crippen molar-refractivity contribution in [2.75, 3.05) is 6.61 Å². The standard InChI is InChI=1S/C11H17BO3/c13-12(14)9-5-2-6-10-15-11-7-3-1-4-8-11/h1,3-4,7-8,13-14H,2,5-6,9-10H2. The molecule has 15 heavy (non-hydrogen) atoms. The van der Waals surface area contributed by atoms with E-state index in [4.69, 9.17) is 14.8 Å². The molecule has 0 saturated carbocycles. The number of rotatable bonds is 7. The summed E-state index contributed by atoms with van der Waals surface area (Å²) in [5, 5.41) is 17.2. The molecule has 1 aromatic rings. The average Bonchev–Trinajstić information content (AvgIpc) is 2.24. The Morgan fingerprint density at radius 2 is 1.73 bits per heavy atom. The lowest BCUT2D eigenvalue weighted by Gasteiger charge is -2.05. The Morgan fingerprint density at radius 3 is 2.40 bits per heavy atom. The second-order valence-corrected chi connectivity index (χ2v) is 3.49. The molecule has 82 valence electrons. The summed E-state index contributed by atoms with van der Waals surface area (Å²) in [7, 11) is -1.17. The Kier molecular flexibility index (Phi) is 5.89. The Labute approximate surface area is 90.9 Å². The van der Waals surface area contributed by atoms with Crippen LogP contribution in [0.5, 0.6) is 5.75 Å². The first kappa shape index (κ1) is 12.1. The number of ether oxygens (including phenoxy) is 1. The van der Waals surface area contributed by atoms with Crippen molar-refractivity contribution in [3.63, 3.8) is 0 Å². The summed E-state index contributed by atoms with van der Waals surface area (Å²) in [6.07, 6.45) is 3.19. The fraction of sp³-hybridized carbons (Fsp3) is 0.455. The van der Waals surface area contributed by atoms with E-state index in [0.717, 1.165) is 25.0 Å². The van der Waals surface area contributed by atoms with E-state index < -0.39 is 7.12 Å². The highest BCUT2D eigenvalue weighted by Crippen LogP contribution is 2.09. The number of benzene rings is 1. The molecule has 0 aliphatic rings. The van der Waals surface area contributed by atoms with Crippen molar-refractivity contribution in [3.8, 4) is 5.75 Å². The van der Waals surface area contributed by atoms with Crippen LogP contribution in [0, 0.1) is 0 Å². The lowest BCUT2D eigenvalue weighted by Crippen LogP contribution is -2.09. The van der Waals surface area contributed by atoms with Gasteiger partial charge in [0, 0.05) is 0 Å². The van der Waals surface area contributed by atoms with Crippen molar-refractivity contribution >= 4 is 7.12 Å². The molecule has 3 nitrogen and oxygen atoms in total. The Morgan fingerprint density at radius 1 is 1.00 bits per heavy atom. The normalized spacial score (nSPS) is 10.0. The van der Waals surface area contributed by atoms with Crippen molar-refractivity contribution < 1.29 is 14.8 Å². The highest BCUT2D eigenvalue weighted by Gasteiger charge is 2.04. The zero-order valence-electron chi connectivity index (χ0n) is 8.80. The smallest absolute Gasteiger partial charge is 0.451 e. The first-order valence-corrected chi connectivity index (χ1v) is 5.33. The molecule has 0 saturated heterocycles. The van der Waals surface area contributed by atoms with Crippen molar-refractivity contribution in [2.24, 2.45) is 0 Å². The third kappa shape index (κ3) is 6.15. The maximum absolute atomic E-state index is 8.61. The number of unbranched alkanes of at least 4 members (excludes halogenated alkanes) is 2. The summed E-state index contributed by atoms with van der Waals surface area (Å²) in [5.41, 5.74) is 0. The molecular weight excluding hydrogens is 191 g/mol. The quantitative estimate of drug-likeness (QED) is 0.529. The highest BCUT2D eigenvalue weighted by molar-refractivity contribution is 6.40. The largest absolute Gasteiger partial charge is 0.494 e. The molecule has 0 aliphatic heterocycles. The van der Waals surface area contributed by atoms with E-state index in [1.807, 2.05) is 30.3 Å². The molecule has 0 fully saturated rings. The molecule has 0 bridgehead atoms. The van der Waals surface area contributed by atoms with E-state index in [-0.39, 0.29) is 0 Å². The van der Waals surface area contributed by atoms with E-state index in [0.29, 0.717) is 12.9 Å². The second-order valence-electron chi connectivity index (χ2n) is 3.49. The Balaban J connectivity index is 1.98.